The van der Waals surface area contributed by atoms with Crippen LogP contribution < -0.4 is 5.32 Å². The highest BCUT2D eigenvalue weighted by Crippen LogP contribution is 2.44. The van der Waals surface area contributed by atoms with Crippen molar-refractivity contribution in [1.82, 2.24) is 10.3 Å². The summed E-state index contributed by atoms with van der Waals surface area (Å²) in [6.07, 6.45) is 4.79. The largest absolute Gasteiger partial charge is 0.371 e. The van der Waals surface area contributed by atoms with Crippen molar-refractivity contribution in [3.63, 3.8) is 0 Å². The summed E-state index contributed by atoms with van der Waals surface area (Å²) >= 11 is 1.83. The molecule has 1 aliphatic rings. The van der Waals surface area contributed by atoms with Crippen LogP contribution in [0, 0.1) is 12.8 Å². The van der Waals surface area contributed by atoms with Crippen LogP contribution in [0.2, 0.25) is 0 Å². The summed E-state index contributed by atoms with van der Waals surface area (Å²) in [6.45, 7) is 8.50. The van der Waals surface area contributed by atoms with Gasteiger partial charge >= 0.3 is 0 Å². The van der Waals surface area contributed by atoms with E-state index < -0.39 is 0 Å². The van der Waals surface area contributed by atoms with E-state index in [-0.39, 0.29) is 5.60 Å². The lowest BCUT2D eigenvalue weighted by Gasteiger charge is -2.37. The molecule has 1 aliphatic carbocycles. The van der Waals surface area contributed by atoms with Gasteiger partial charge in [-0.1, -0.05) is 20.3 Å². The first-order valence-corrected chi connectivity index (χ1v) is 8.15. The summed E-state index contributed by atoms with van der Waals surface area (Å²) < 4.78 is 5.94. The van der Waals surface area contributed by atoms with E-state index in [9.17, 15) is 0 Å². The number of methoxy groups -OCH3 is 1. The molecule has 1 saturated carbocycles. The Morgan fingerprint density at radius 3 is 2.95 bits per heavy atom. The zero-order chi connectivity index (χ0) is 13.9. The second kappa shape index (κ2) is 6.33. The number of aromatic nitrogens is 1. The fourth-order valence-corrected chi connectivity index (χ4v) is 4.23. The molecule has 0 spiro atoms. The van der Waals surface area contributed by atoms with Crippen LogP contribution in [0.5, 0.6) is 0 Å². The van der Waals surface area contributed by atoms with E-state index in [1.807, 2.05) is 18.4 Å². The number of rotatable bonds is 5. The standard InChI is InChI=1S/C15H26N2OS/c1-5-16-10-13-12(3)17-14(19-13)15(18-4)8-6-7-11(2)9-15/h11,16H,5-10H2,1-4H3. The van der Waals surface area contributed by atoms with E-state index in [4.69, 9.17) is 9.72 Å². The monoisotopic (exact) mass is 282 g/mol. The van der Waals surface area contributed by atoms with Gasteiger partial charge in [0.1, 0.15) is 10.6 Å². The number of aryl methyl sites for hydroxylation is 1. The van der Waals surface area contributed by atoms with Gasteiger partial charge < -0.3 is 10.1 Å². The molecule has 108 valence electrons. The van der Waals surface area contributed by atoms with Crippen LogP contribution in [0.4, 0.5) is 0 Å². The van der Waals surface area contributed by atoms with Gasteiger partial charge in [-0.05, 0) is 38.6 Å². The zero-order valence-electron chi connectivity index (χ0n) is 12.6. The highest BCUT2D eigenvalue weighted by molar-refractivity contribution is 7.11. The van der Waals surface area contributed by atoms with Crippen molar-refractivity contribution in [2.24, 2.45) is 5.92 Å². The van der Waals surface area contributed by atoms with Crippen LogP contribution in [-0.4, -0.2) is 18.6 Å². The maximum atomic E-state index is 5.94. The Bertz CT molecular complexity index is 418. The number of ether oxygens (including phenoxy) is 1. The molecule has 1 fully saturated rings. The van der Waals surface area contributed by atoms with Crippen LogP contribution in [0.15, 0.2) is 0 Å². The Balaban J connectivity index is 2.23. The molecule has 0 saturated heterocycles. The molecule has 1 N–H and O–H groups in total. The van der Waals surface area contributed by atoms with Crippen LogP contribution in [-0.2, 0) is 16.9 Å². The lowest BCUT2D eigenvalue weighted by atomic mass is 9.79. The second-order valence-corrected chi connectivity index (χ2v) is 6.79. The van der Waals surface area contributed by atoms with E-state index in [2.05, 4.69) is 26.1 Å². The molecular formula is C15H26N2OS. The number of thiazole rings is 1. The minimum Gasteiger partial charge on any atom is -0.371 e. The summed E-state index contributed by atoms with van der Waals surface area (Å²) in [5, 5.41) is 4.58. The molecule has 2 unspecified atom stereocenters. The highest BCUT2D eigenvalue weighted by Gasteiger charge is 2.39. The minimum atomic E-state index is -0.127. The first kappa shape index (κ1) is 14.9. The summed E-state index contributed by atoms with van der Waals surface area (Å²) in [5.41, 5.74) is 1.04. The van der Waals surface area contributed by atoms with Gasteiger partial charge in [-0.25, -0.2) is 4.98 Å². The SMILES string of the molecule is CCNCc1sc(C2(OC)CCCC(C)C2)nc1C. The molecule has 0 radical (unpaired) electrons. The fraction of sp³-hybridized carbons (Fsp3) is 0.800. The van der Waals surface area contributed by atoms with Gasteiger partial charge in [0.25, 0.3) is 0 Å². The van der Waals surface area contributed by atoms with Crippen LogP contribution >= 0.6 is 11.3 Å². The Labute approximate surface area is 120 Å². The van der Waals surface area contributed by atoms with Crippen molar-refractivity contribution in [2.45, 2.75) is 58.6 Å². The van der Waals surface area contributed by atoms with Gasteiger partial charge in [-0.2, -0.15) is 0 Å². The Kier molecular flexibility index (Phi) is 4.98. The third-order valence-electron chi connectivity index (χ3n) is 4.16. The summed E-state index contributed by atoms with van der Waals surface area (Å²) in [7, 11) is 1.85. The fourth-order valence-electron chi connectivity index (χ4n) is 3.00. The van der Waals surface area contributed by atoms with Gasteiger partial charge in [0.05, 0.1) is 5.69 Å². The smallest absolute Gasteiger partial charge is 0.125 e. The number of nitrogens with zero attached hydrogens (tertiary/aromatic N) is 1. The molecule has 0 bridgehead atoms. The molecule has 0 amide bonds. The van der Waals surface area contributed by atoms with Crippen LogP contribution in [0.1, 0.15) is 55.1 Å². The topological polar surface area (TPSA) is 34.1 Å². The molecule has 0 aromatic carbocycles. The molecule has 19 heavy (non-hydrogen) atoms. The average molecular weight is 282 g/mol. The zero-order valence-corrected chi connectivity index (χ0v) is 13.4. The van der Waals surface area contributed by atoms with Crippen LogP contribution in [0.3, 0.4) is 0 Å². The second-order valence-electron chi connectivity index (χ2n) is 5.71. The van der Waals surface area contributed by atoms with Crippen LogP contribution in [0.25, 0.3) is 0 Å². The molecule has 2 rings (SSSR count). The van der Waals surface area contributed by atoms with Gasteiger partial charge in [-0.3, -0.25) is 0 Å². The molecule has 0 aliphatic heterocycles. The van der Waals surface area contributed by atoms with Crippen molar-refractivity contribution in [2.75, 3.05) is 13.7 Å². The third kappa shape index (κ3) is 3.18. The minimum absolute atomic E-state index is 0.127. The predicted octanol–water partition coefficient (Wildman–Crippen LogP) is 3.61. The number of hydrogen-bond donors (Lipinski definition) is 1. The van der Waals surface area contributed by atoms with E-state index in [0.29, 0.717) is 0 Å². The van der Waals surface area contributed by atoms with Gasteiger partial charge in [0.15, 0.2) is 0 Å². The van der Waals surface area contributed by atoms with E-state index >= 15 is 0 Å². The van der Waals surface area contributed by atoms with E-state index in [1.165, 1.54) is 22.7 Å². The first-order valence-electron chi connectivity index (χ1n) is 7.34. The Morgan fingerprint density at radius 1 is 1.53 bits per heavy atom. The van der Waals surface area contributed by atoms with Crippen molar-refractivity contribution in [1.29, 1.82) is 0 Å². The molecule has 1 aromatic heterocycles. The summed E-state index contributed by atoms with van der Waals surface area (Å²) in [6, 6.07) is 0. The normalized spacial score (nSPS) is 27.7. The van der Waals surface area contributed by atoms with E-state index in [1.54, 1.807) is 0 Å². The summed E-state index contributed by atoms with van der Waals surface area (Å²) in [4.78, 5) is 6.17. The molecule has 4 heteroatoms. The van der Waals surface area contributed by atoms with Gasteiger partial charge in [-0.15, -0.1) is 11.3 Å². The maximum absolute atomic E-state index is 5.94. The van der Waals surface area contributed by atoms with E-state index in [0.717, 1.165) is 37.5 Å². The average Bonchev–Trinajstić information content (AvgIpc) is 2.78. The maximum Gasteiger partial charge on any atom is 0.125 e. The van der Waals surface area contributed by atoms with Crippen molar-refractivity contribution < 1.29 is 4.74 Å². The quantitative estimate of drug-likeness (QED) is 0.896. The van der Waals surface area contributed by atoms with Crippen molar-refractivity contribution in [3.05, 3.63) is 15.6 Å². The Morgan fingerprint density at radius 2 is 2.32 bits per heavy atom. The van der Waals surface area contributed by atoms with Crippen molar-refractivity contribution in [3.8, 4) is 0 Å². The van der Waals surface area contributed by atoms with Gasteiger partial charge in [0, 0.05) is 18.5 Å². The Hall–Kier alpha value is -0.450. The lowest BCUT2D eigenvalue weighted by molar-refractivity contribution is -0.0581. The summed E-state index contributed by atoms with van der Waals surface area (Å²) in [5.74, 6) is 0.732. The highest BCUT2D eigenvalue weighted by atomic mass is 32.1. The first-order chi connectivity index (χ1) is 9.11. The third-order valence-corrected chi connectivity index (χ3v) is 5.51. The predicted molar refractivity (Wildman–Crippen MR) is 80.6 cm³/mol. The molecule has 2 atom stereocenters. The molecular weight excluding hydrogens is 256 g/mol. The number of hydrogen-bond acceptors (Lipinski definition) is 4. The molecule has 1 heterocycles. The van der Waals surface area contributed by atoms with Crippen molar-refractivity contribution >= 4 is 11.3 Å². The number of nitrogens with one attached hydrogen (secondary N) is 1. The lowest BCUT2D eigenvalue weighted by Crippen LogP contribution is -2.34. The van der Waals surface area contributed by atoms with Gasteiger partial charge in [0.2, 0.25) is 0 Å². The molecule has 1 aromatic rings. The molecule has 3 nitrogen and oxygen atoms in total.